The van der Waals surface area contributed by atoms with Gasteiger partial charge in [-0.3, -0.25) is 10.1 Å². The second-order valence-corrected chi connectivity index (χ2v) is 4.35. The van der Waals surface area contributed by atoms with E-state index in [1.165, 1.54) is 19.1 Å². The number of alkyl halides is 3. The molecule has 0 heterocycles. The Bertz CT molecular complexity index is 418. The Hall–Kier alpha value is -1.63. The smallest absolute Gasteiger partial charge is 0.314 e. The van der Waals surface area contributed by atoms with Gasteiger partial charge in [-0.05, 0) is 25.5 Å². The monoisotopic (exact) mass is 276 g/mol. The summed E-state index contributed by atoms with van der Waals surface area (Å²) in [6, 6.07) is 5.34. The Balaban J connectivity index is 2.35. The first-order valence-corrected chi connectivity index (χ1v) is 5.81. The van der Waals surface area contributed by atoms with Crippen LogP contribution >= 0.6 is 0 Å². The maximum absolute atomic E-state index is 12.1. The minimum absolute atomic E-state index is 0.00199. The molecule has 0 spiro atoms. The summed E-state index contributed by atoms with van der Waals surface area (Å²) in [5.74, 6) is 0. The summed E-state index contributed by atoms with van der Waals surface area (Å²) in [5, 5.41) is 13.2. The highest BCUT2D eigenvalue weighted by atomic mass is 19.4. The van der Waals surface area contributed by atoms with Gasteiger partial charge in [0, 0.05) is 18.2 Å². The average Bonchev–Trinajstić information content (AvgIpc) is 2.27. The third-order valence-electron chi connectivity index (χ3n) is 2.59. The maximum Gasteiger partial charge on any atom is 0.390 e. The summed E-state index contributed by atoms with van der Waals surface area (Å²) >= 11 is 0. The molecular weight excluding hydrogens is 261 g/mol. The Labute approximate surface area is 108 Å². The van der Waals surface area contributed by atoms with Gasteiger partial charge in [0.25, 0.3) is 5.69 Å². The van der Waals surface area contributed by atoms with Crippen LogP contribution in [0.5, 0.6) is 0 Å². The number of halogens is 3. The normalized spacial score (nSPS) is 13.3. The highest BCUT2D eigenvalue weighted by Crippen LogP contribution is 2.21. The molecular formula is C12H15F3N2O2. The van der Waals surface area contributed by atoms with Gasteiger partial charge in [-0.15, -0.1) is 0 Å². The predicted octanol–water partition coefficient (Wildman–Crippen LogP) is 3.07. The van der Waals surface area contributed by atoms with Crippen LogP contribution in [0.25, 0.3) is 0 Å². The zero-order valence-electron chi connectivity index (χ0n) is 10.4. The zero-order chi connectivity index (χ0) is 14.5. The molecule has 0 bridgehead atoms. The summed E-state index contributed by atoms with van der Waals surface area (Å²) < 4.78 is 36.2. The molecule has 1 atom stereocenters. The second kappa shape index (κ2) is 6.51. The van der Waals surface area contributed by atoms with Crippen LogP contribution < -0.4 is 5.32 Å². The lowest BCUT2D eigenvalue weighted by Crippen LogP contribution is -2.32. The van der Waals surface area contributed by atoms with E-state index in [1.807, 2.05) is 0 Å². The largest absolute Gasteiger partial charge is 0.390 e. The third-order valence-corrected chi connectivity index (χ3v) is 2.59. The summed E-state index contributed by atoms with van der Waals surface area (Å²) in [7, 11) is 0. The number of nitrogens with zero attached hydrogens (tertiary/aromatic N) is 1. The number of nitro benzene ring substituents is 1. The molecule has 0 fully saturated rings. The summed E-state index contributed by atoms with van der Waals surface area (Å²) in [6.45, 7) is 1.87. The molecule has 0 aromatic heterocycles. The van der Waals surface area contributed by atoms with E-state index in [1.54, 1.807) is 12.1 Å². The molecule has 1 aromatic rings. The highest BCUT2D eigenvalue weighted by Gasteiger charge is 2.29. The van der Waals surface area contributed by atoms with E-state index >= 15 is 0 Å². The van der Waals surface area contributed by atoms with Gasteiger partial charge in [0.1, 0.15) is 0 Å². The van der Waals surface area contributed by atoms with E-state index in [4.69, 9.17) is 0 Å². The van der Waals surface area contributed by atoms with Crippen molar-refractivity contribution >= 4 is 5.69 Å². The quantitative estimate of drug-likeness (QED) is 0.641. The minimum Gasteiger partial charge on any atom is -0.314 e. The molecule has 0 aliphatic rings. The van der Waals surface area contributed by atoms with Crippen LogP contribution in [0.3, 0.4) is 0 Å². The Morgan fingerprint density at radius 2 is 1.89 bits per heavy atom. The Kier molecular flexibility index (Phi) is 5.29. The fraction of sp³-hybridized carbons (Fsp3) is 0.500. The SMILES string of the molecule is CC(CC(F)(F)F)NCCc1ccc([N+](=O)[O-])cc1. The van der Waals surface area contributed by atoms with Crippen molar-refractivity contribution in [2.24, 2.45) is 0 Å². The number of non-ortho nitro benzene ring substituents is 1. The van der Waals surface area contributed by atoms with Gasteiger partial charge in [0.2, 0.25) is 0 Å². The van der Waals surface area contributed by atoms with Gasteiger partial charge in [-0.1, -0.05) is 12.1 Å². The van der Waals surface area contributed by atoms with Crippen LogP contribution in [0.4, 0.5) is 18.9 Å². The van der Waals surface area contributed by atoms with Crippen LogP contribution in [0.1, 0.15) is 18.9 Å². The van der Waals surface area contributed by atoms with Gasteiger partial charge < -0.3 is 5.32 Å². The molecule has 1 N–H and O–H groups in total. The standard InChI is InChI=1S/C12H15F3N2O2/c1-9(8-12(13,14)15)16-7-6-10-2-4-11(5-3-10)17(18)19/h2-5,9,16H,6-8H2,1H3. The topological polar surface area (TPSA) is 55.2 Å². The number of nitrogens with one attached hydrogen (secondary N) is 1. The molecule has 0 aliphatic carbocycles. The Morgan fingerprint density at radius 3 is 2.37 bits per heavy atom. The van der Waals surface area contributed by atoms with Crippen LogP contribution in [0.2, 0.25) is 0 Å². The lowest BCUT2D eigenvalue weighted by molar-refractivity contribution is -0.384. The van der Waals surface area contributed by atoms with E-state index in [0.29, 0.717) is 13.0 Å². The number of hydrogen-bond acceptors (Lipinski definition) is 3. The van der Waals surface area contributed by atoms with Gasteiger partial charge in [0.05, 0.1) is 11.3 Å². The van der Waals surface area contributed by atoms with E-state index < -0.39 is 23.6 Å². The summed E-state index contributed by atoms with van der Waals surface area (Å²) in [4.78, 5) is 9.94. The van der Waals surface area contributed by atoms with Crippen LogP contribution in [-0.2, 0) is 6.42 Å². The molecule has 0 saturated heterocycles. The Morgan fingerprint density at radius 1 is 1.32 bits per heavy atom. The molecule has 4 nitrogen and oxygen atoms in total. The van der Waals surface area contributed by atoms with E-state index in [2.05, 4.69) is 5.32 Å². The number of benzene rings is 1. The van der Waals surface area contributed by atoms with E-state index in [-0.39, 0.29) is 5.69 Å². The van der Waals surface area contributed by atoms with Crippen molar-refractivity contribution in [3.8, 4) is 0 Å². The first kappa shape index (κ1) is 15.4. The fourth-order valence-electron chi connectivity index (χ4n) is 1.67. The van der Waals surface area contributed by atoms with Gasteiger partial charge in [-0.2, -0.15) is 13.2 Å². The molecule has 106 valence electrons. The predicted molar refractivity (Wildman–Crippen MR) is 64.9 cm³/mol. The fourth-order valence-corrected chi connectivity index (χ4v) is 1.67. The van der Waals surface area contributed by atoms with Crippen LogP contribution in [0.15, 0.2) is 24.3 Å². The van der Waals surface area contributed by atoms with Crippen molar-refractivity contribution in [1.29, 1.82) is 0 Å². The van der Waals surface area contributed by atoms with Crippen molar-refractivity contribution in [2.45, 2.75) is 32.0 Å². The second-order valence-electron chi connectivity index (χ2n) is 4.35. The van der Waals surface area contributed by atoms with Crippen molar-refractivity contribution < 1.29 is 18.1 Å². The lowest BCUT2D eigenvalue weighted by atomic mass is 10.1. The zero-order valence-corrected chi connectivity index (χ0v) is 10.4. The maximum atomic E-state index is 12.1. The van der Waals surface area contributed by atoms with Crippen LogP contribution in [-0.4, -0.2) is 23.7 Å². The van der Waals surface area contributed by atoms with E-state index in [0.717, 1.165) is 5.56 Å². The van der Waals surface area contributed by atoms with Crippen LogP contribution in [0, 0.1) is 10.1 Å². The molecule has 19 heavy (non-hydrogen) atoms. The van der Waals surface area contributed by atoms with Crippen molar-refractivity contribution in [3.05, 3.63) is 39.9 Å². The molecule has 0 saturated carbocycles. The first-order chi connectivity index (χ1) is 8.78. The first-order valence-electron chi connectivity index (χ1n) is 5.81. The number of hydrogen-bond donors (Lipinski definition) is 1. The van der Waals surface area contributed by atoms with Crippen molar-refractivity contribution in [2.75, 3.05) is 6.54 Å². The molecule has 1 unspecified atom stereocenters. The van der Waals surface area contributed by atoms with Crippen molar-refractivity contribution in [1.82, 2.24) is 5.32 Å². The van der Waals surface area contributed by atoms with E-state index in [9.17, 15) is 23.3 Å². The highest BCUT2D eigenvalue weighted by molar-refractivity contribution is 5.32. The number of nitro groups is 1. The third kappa shape index (κ3) is 6.19. The summed E-state index contributed by atoms with van der Waals surface area (Å²) in [5.41, 5.74) is 0.847. The molecule has 0 amide bonds. The minimum atomic E-state index is -4.17. The molecule has 1 aromatic carbocycles. The summed E-state index contributed by atoms with van der Waals surface area (Å²) in [6.07, 6.45) is -4.51. The lowest BCUT2D eigenvalue weighted by Gasteiger charge is -2.15. The van der Waals surface area contributed by atoms with Crippen molar-refractivity contribution in [3.63, 3.8) is 0 Å². The van der Waals surface area contributed by atoms with Gasteiger partial charge >= 0.3 is 6.18 Å². The molecule has 0 aliphatic heterocycles. The molecule has 1 rings (SSSR count). The van der Waals surface area contributed by atoms with Gasteiger partial charge in [-0.25, -0.2) is 0 Å². The van der Waals surface area contributed by atoms with Gasteiger partial charge in [0.15, 0.2) is 0 Å². The average molecular weight is 276 g/mol. The molecule has 0 radical (unpaired) electrons. The molecule has 7 heteroatoms. The number of rotatable bonds is 6.